The molecule has 5 aromatic rings. The van der Waals surface area contributed by atoms with E-state index < -0.39 is 0 Å². The van der Waals surface area contributed by atoms with Crippen LogP contribution in [0.1, 0.15) is 11.6 Å². The van der Waals surface area contributed by atoms with Crippen molar-refractivity contribution in [2.45, 2.75) is 13.8 Å². The van der Waals surface area contributed by atoms with E-state index >= 15 is 0 Å². The number of rotatable bonds is 2. The Labute approximate surface area is 157 Å². The molecule has 0 saturated carbocycles. The molecular formula is C23H18N4. The summed E-state index contributed by atoms with van der Waals surface area (Å²) in [7, 11) is 0. The zero-order valence-electron chi connectivity index (χ0n) is 15.2. The van der Waals surface area contributed by atoms with E-state index in [0.717, 1.165) is 34.0 Å². The zero-order chi connectivity index (χ0) is 18.4. The molecule has 0 aliphatic carbocycles. The van der Waals surface area contributed by atoms with Crippen LogP contribution in [0.25, 0.3) is 38.5 Å². The van der Waals surface area contributed by atoms with Crippen LogP contribution in [0.5, 0.6) is 0 Å². The summed E-state index contributed by atoms with van der Waals surface area (Å²) >= 11 is 0. The molecule has 0 spiro atoms. The second kappa shape index (κ2) is 6.02. The van der Waals surface area contributed by atoms with Gasteiger partial charge >= 0.3 is 0 Å². The van der Waals surface area contributed by atoms with E-state index in [2.05, 4.69) is 75.4 Å². The molecule has 0 amide bonds. The highest BCUT2D eigenvalue weighted by atomic mass is 15.3. The molecule has 0 aliphatic heterocycles. The first kappa shape index (κ1) is 15.7. The normalized spacial score (nSPS) is 11.3. The maximum absolute atomic E-state index is 4.71. The van der Waals surface area contributed by atoms with Crippen molar-refractivity contribution in [3.8, 4) is 16.9 Å². The van der Waals surface area contributed by atoms with E-state index in [9.17, 15) is 0 Å². The van der Waals surface area contributed by atoms with Gasteiger partial charge in [-0.25, -0.2) is 0 Å². The number of pyridine rings is 1. The molecule has 2 aromatic heterocycles. The standard InChI is InChI=1S/C23H18N4/c1-15-25-26-16(2)27(15)23-13-20(11-18-8-5-6-10-21(18)23)22-12-17-7-3-4-9-19(17)14-24-22/h3-14H,1-2H3. The lowest BCUT2D eigenvalue weighted by Gasteiger charge is -2.13. The van der Waals surface area contributed by atoms with Gasteiger partial charge in [0.25, 0.3) is 0 Å². The van der Waals surface area contributed by atoms with Crippen molar-refractivity contribution in [3.63, 3.8) is 0 Å². The van der Waals surface area contributed by atoms with Crippen LogP contribution in [0, 0.1) is 13.8 Å². The number of nitrogens with zero attached hydrogens (tertiary/aromatic N) is 4. The number of aryl methyl sites for hydroxylation is 2. The van der Waals surface area contributed by atoms with Gasteiger partial charge in [0.2, 0.25) is 0 Å². The summed E-state index contributed by atoms with van der Waals surface area (Å²) in [5, 5.41) is 13.2. The Hall–Kier alpha value is -3.53. The van der Waals surface area contributed by atoms with Crippen molar-refractivity contribution in [1.82, 2.24) is 19.7 Å². The van der Waals surface area contributed by atoms with Gasteiger partial charge in [0.15, 0.2) is 0 Å². The first-order chi connectivity index (χ1) is 13.2. The van der Waals surface area contributed by atoms with Crippen LogP contribution in [-0.2, 0) is 0 Å². The molecule has 0 bridgehead atoms. The van der Waals surface area contributed by atoms with Crippen molar-refractivity contribution >= 4 is 21.5 Å². The molecule has 0 saturated heterocycles. The summed E-state index contributed by atoms with van der Waals surface area (Å²) in [6, 6.07) is 23.2. The van der Waals surface area contributed by atoms with Crippen LogP contribution >= 0.6 is 0 Å². The van der Waals surface area contributed by atoms with Gasteiger partial charge in [-0.15, -0.1) is 10.2 Å². The molecule has 3 aromatic carbocycles. The molecule has 27 heavy (non-hydrogen) atoms. The van der Waals surface area contributed by atoms with Gasteiger partial charge in [-0.2, -0.15) is 0 Å². The number of hydrogen-bond acceptors (Lipinski definition) is 3. The third-order valence-corrected chi connectivity index (χ3v) is 4.99. The SMILES string of the molecule is Cc1nnc(C)n1-c1cc(-c2cc3ccccc3cn2)cc2ccccc12. The molecule has 5 rings (SSSR count). The Kier molecular flexibility index (Phi) is 3.50. The van der Waals surface area contributed by atoms with E-state index in [4.69, 9.17) is 4.98 Å². The molecule has 0 radical (unpaired) electrons. The molecule has 0 atom stereocenters. The highest BCUT2D eigenvalue weighted by Gasteiger charge is 2.13. The molecule has 0 aliphatic rings. The van der Waals surface area contributed by atoms with Crippen molar-refractivity contribution < 1.29 is 0 Å². The fourth-order valence-corrected chi connectivity index (χ4v) is 3.68. The Balaban J connectivity index is 1.80. The second-order valence-corrected chi connectivity index (χ2v) is 6.76. The first-order valence-corrected chi connectivity index (χ1v) is 8.98. The quantitative estimate of drug-likeness (QED) is 0.436. The van der Waals surface area contributed by atoms with Gasteiger partial charge in [0.1, 0.15) is 11.6 Å². The Bertz CT molecular complexity index is 1280. The highest BCUT2D eigenvalue weighted by Crippen LogP contribution is 2.31. The molecule has 2 heterocycles. The highest BCUT2D eigenvalue weighted by molar-refractivity contribution is 5.95. The molecule has 4 heteroatoms. The number of hydrogen-bond donors (Lipinski definition) is 0. The third-order valence-electron chi connectivity index (χ3n) is 4.99. The Morgan fingerprint density at radius 3 is 2.15 bits per heavy atom. The summed E-state index contributed by atoms with van der Waals surface area (Å²) in [5.41, 5.74) is 3.13. The molecule has 0 unspecified atom stereocenters. The van der Waals surface area contributed by atoms with Gasteiger partial charge in [-0.1, -0.05) is 48.5 Å². The maximum Gasteiger partial charge on any atom is 0.134 e. The van der Waals surface area contributed by atoms with Crippen LogP contribution in [-0.4, -0.2) is 19.7 Å². The van der Waals surface area contributed by atoms with Crippen molar-refractivity contribution in [3.05, 3.63) is 84.6 Å². The van der Waals surface area contributed by atoms with Crippen LogP contribution in [0.3, 0.4) is 0 Å². The van der Waals surface area contributed by atoms with Crippen LogP contribution in [0.4, 0.5) is 0 Å². The summed E-state index contributed by atoms with van der Waals surface area (Å²) in [6.45, 7) is 3.96. The lowest BCUT2D eigenvalue weighted by molar-refractivity contribution is 0.946. The molecular weight excluding hydrogens is 332 g/mol. The average Bonchev–Trinajstić information content (AvgIpc) is 3.05. The van der Waals surface area contributed by atoms with E-state index in [0.29, 0.717) is 0 Å². The van der Waals surface area contributed by atoms with Gasteiger partial charge < -0.3 is 0 Å². The summed E-state index contributed by atoms with van der Waals surface area (Å²) in [5.74, 6) is 1.75. The zero-order valence-corrected chi connectivity index (χ0v) is 15.2. The minimum absolute atomic E-state index is 0.876. The molecule has 0 N–H and O–H groups in total. The van der Waals surface area contributed by atoms with E-state index in [-0.39, 0.29) is 0 Å². The van der Waals surface area contributed by atoms with Crippen LogP contribution in [0.2, 0.25) is 0 Å². The van der Waals surface area contributed by atoms with Gasteiger partial charge in [0, 0.05) is 22.5 Å². The fraction of sp³-hybridized carbons (Fsp3) is 0.0870. The van der Waals surface area contributed by atoms with Crippen LogP contribution in [0.15, 0.2) is 72.9 Å². The monoisotopic (exact) mass is 350 g/mol. The Morgan fingerprint density at radius 2 is 1.37 bits per heavy atom. The third kappa shape index (κ3) is 2.57. The van der Waals surface area contributed by atoms with E-state index in [1.165, 1.54) is 16.2 Å². The second-order valence-electron chi connectivity index (χ2n) is 6.76. The van der Waals surface area contributed by atoms with Gasteiger partial charge in [-0.05, 0) is 42.8 Å². The molecule has 0 fully saturated rings. The van der Waals surface area contributed by atoms with Gasteiger partial charge in [-0.3, -0.25) is 9.55 Å². The van der Waals surface area contributed by atoms with Crippen molar-refractivity contribution in [2.24, 2.45) is 0 Å². The van der Waals surface area contributed by atoms with Gasteiger partial charge in [0.05, 0.1) is 11.4 Å². The summed E-state index contributed by atoms with van der Waals surface area (Å²) in [4.78, 5) is 4.71. The Morgan fingerprint density at radius 1 is 0.704 bits per heavy atom. The summed E-state index contributed by atoms with van der Waals surface area (Å²) < 4.78 is 2.10. The largest absolute Gasteiger partial charge is 0.283 e. The lowest BCUT2D eigenvalue weighted by Crippen LogP contribution is -2.01. The number of benzene rings is 3. The first-order valence-electron chi connectivity index (χ1n) is 8.98. The molecule has 4 nitrogen and oxygen atoms in total. The van der Waals surface area contributed by atoms with Crippen LogP contribution < -0.4 is 0 Å². The molecule has 130 valence electrons. The maximum atomic E-state index is 4.71. The predicted octanol–water partition coefficient (Wildman–Crippen LogP) is 5.25. The smallest absolute Gasteiger partial charge is 0.134 e. The minimum atomic E-state index is 0.876. The number of aromatic nitrogens is 4. The lowest BCUT2D eigenvalue weighted by atomic mass is 10.0. The summed E-state index contributed by atoms with van der Waals surface area (Å²) in [6.07, 6.45) is 1.94. The fourth-order valence-electron chi connectivity index (χ4n) is 3.68. The predicted molar refractivity (Wildman–Crippen MR) is 109 cm³/mol. The minimum Gasteiger partial charge on any atom is -0.283 e. The number of fused-ring (bicyclic) bond motifs is 2. The van der Waals surface area contributed by atoms with Crippen molar-refractivity contribution in [1.29, 1.82) is 0 Å². The average molecular weight is 350 g/mol. The van der Waals surface area contributed by atoms with E-state index in [1.54, 1.807) is 0 Å². The topological polar surface area (TPSA) is 43.6 Å². The van der Waals surface area contributed by atoms with E-state index in [1.807, 2.05) is 26.1 Å². The van der Waals surface area contributed by atoms with Crippen molar-refractivity contribution in [2.75, 3.05) is 0 Å².